The predicted octanol–water partition coefficient (Wildman–Crippen LogP) is 0.562. The number of pyridine rings is 1. The number of carbonyl (C=O) groups is 2. The standard InChI is InChI=1S/C9H8ClN3O2/c10-5-1-2-7(11-4-5)12-6-3-8(14)13-9(6)15/h1-2,4,6H,3H2,(H,11,12)(H,13,14,15). The first kappa shape index (κ1) is 9.92. The second-order valence-corrected chi connectivity index (χ2v) is 3.61. The summed E-state index contributed by atoms with van der Waals surface area (Å²) < 4.78 is 0. The monoisotopic (exact) mass is 225 g/mol. The summed E-state index contributed by atoms with van der Waals surface area (Å²) in [5.41, 5.74) is 0. The van der Waals surface area contributed by atoms with Gasteiger partial charge in [0, 0.05) is 6.20 Å². The third-order valence-electron chi connectivity index (χ3n) is 2.02. The van der Waals surface area contributed by atoms with Crippen LogP contribution in [0.25, 0.3) is 0 Å². The molecule has 2 amide bonds. The molecule has 1 atom stereocenters. The van der Waals surface area contributed by atoms with Gasteiger partial charge in [0.15, 0.2) is 0 Å². The molecule has 0 saturated carbocycles. The van der Waals surface area contributed by atoms with Crippen LogP contribution < -0.4 is 10.6 Å². The normalized spacial score (nSPS) is 20.2. The zero-order chi connectivity index (χ0) is 10.8. The molecule has 2 N–H and O–H groups in total. The predicted molar refractivity (Wildman–Crippen MR) is 54.4 cm³/mol. The molecule has 0 aliphatic carbocycles. The molecule has 2 rings (SSSR count). The van der Waals surface area contributed by atoms with E-state index in [0.29, 0.717) is 10.8 Å². The Morgan fingerprint density at radius 1 is 1.47 bits per heavy atom. The van der Waals surface area contributed by atoms with Crippen molar-refractivity contribution in [2.45, 2.75) is 12.5 Å². The molecule has 0 radical (unpaired) electrons. The van der Waals surface area contributed by atoms with Crippen LogP contribution in [0.1, 0.15) is 6.42 Å². The van der Waals surface area contributed by atoms with Gasteiger partial charge in [-0.3, -0.25) is 14.9 Å². The lowest BCUT2D eigenvalue weighted by Crippen LogP contribution is -2.30. The molecule has 0 spiro atoms. The Balaban J connectivity index is 2.06. The van der Waals surface area contributed by atoms with Crippen LogP contribution in [0.15, 0.2) is 18.3 Å². The highest BCUT2D eigenvalue weighted by Gasteiger charge is 2.30. The van der Waals surface area contributed by atoms with E-state index in [-0.39, 0.29) is 18.2 Å². The number of anilines is 1. The second-order valence-electron chi connectivity index (χ2n) is 3.18. The van der Waals surface area contributed by atoms with Gasteiger partial charge in [0.1, 0.15) is 11.9 Å². The number of hydrogen-bond acceptors (Lipinski definition) is 4. The van der Waals surface area contributed by atoms with Gasteiger partial charge >= 0.3 is 0 Å². The van der Waals surface area contributed by atoms with Gasteiger partial charge in [-0.25, -0.2) is 4.98 Å². The van der Waals surface area contributed by atoms with Crippen molar-refractivity contribution >= 4 is 29.2 Å². The number of rotatable bonds is 2. The van der Waals surface area contributed by atoms with Crippen molar-refractivity contribution in [3.05, 3.63) is 23.4 Å². The Morgan fingerprint density at radius 3 is 2.80 bits per heavy atom. The fourth-order valence-corrected chi connectivity index (χ4v) is 1.42. The lowest BCUT2D eigenvalue weighted by Gasteiger charge is -2.08. The van der Waals surface area contributed by atoms with E-state index in [9.17, 15) is 9.59 Å². The van der Waals surface area contributed by atoms with Crippen LogP contribution >= 0.6 is 11.6 Å². The number of aromatic nitrogens is 1. The average Bonchev–Trinajstić information content (AvgIpc) is 2.49. The molecule has 15 heavy (non-hydrogen) atoms. The van der Waals surface area contributed by atoms with Gasteiger partial charge in [0.05, 0.1) is 11.4 Å². The van der Waals surface area contributed by atoms with Gasteiger partial charge in [-0.1, -0.05) is 11.6 Å². The molecule has 1 fully saturated rings. The summed E-state index contributed by atoms with van der Waals surface area (Å²) in [6.07, 6.45) is 1.61. The van der Waals surface area contributed by atoms with Gasteiger partial charge < -0.3 is 5.32 Å². The second kappa shape index (κ2) is 3.86. The van der Waals surface area contributed by atoms with Crippen molar-refractivity contribution in [3.63, 3.8) is 0 Å². The minimum absolute atomic E-state index is 0.142. The molecular weight excluding hydrogens is 218 g/mol. The lowest BCUT2D eigenvalue weighted by atomic mass is 10.2. The van der Waals surface area contributed by atoms with E-state index in [4.69, 9.17) is 11.6 Å². The van der Waals surface area contributed by atoms with Gasteiger partial charge in [-0.2, -0.15) is 0 Å². The molecule has 1 aliphatic heterocycles. The fraction of sp³-hybridized carbons (Fsp3) is 0.222. The Bertz CT molecular complexity index is 404. The molecule has 2 heterocycles. The number of nitrogens with zero attached hydrogens (tertiary/aromatic N) is 1. The fourth-order valence-electron chi connectivity index (χ4n) is 1.31. The summed E-state index contributed by atoms with van der Waals surface area (Å²) in [7, 11) is 0. The van der Waals surface area contributed by atoms with Crippen LogP contribution in [0, 0.1) is 0 Å². The van der Waals surface area contributed by atoms with Crippen molar-refractivity contribution < 1.29 is 9.59 Å². The van der Waals surface area contributed by atoms with Crippen molar-refractivity contribution in [1.29, 1.82) is 0 Å². The Kier molecular flexibility index (Phi) is 2.55. The molecule has 1 saturated heterocycles. The van der Waals surface area contributed by atoms with Crippen LogP contribution in [0.2, 0.25) is 5.02 Å². The van der Waals surface area contributed by atoms with Crippen molar-refractivity contribution in [1.82, 2.24) is 10.3 Å². The summed E-state index contributed by atoms with van der Waals surface area (Å²) in [5, 5.41) is 5.57. The maximum Gasteiger partial charge on any atom is 0.249 e. The van der Waals surface area contributed by atoms with Crippen LogP contribution in [-0.4, -0.2) is 22.8 Å². The van der Waals surface area contributed by atoms with Crippen LogP contribution in [0.5, 0.6) is 0 Å². The van der Waals surface area contributed by atoms with Gasteiger partial charge in [0.25, 0.3) is 0 Å². The average molecular weight is 226 g/mol. The summed E-state index contributed by atoms with van der Waals surface area (Å²) in [4.78, 5) is 26.1. The zero-order valence-electron chi connectivity index (χ0n) is 7.66. The Hall–Kier alpha value is -1.62. The lowest BCUT2D eigenvalue weighted by molar-refractivity contribution is -0.124. The molecule has 5 nitrogen and oxygen atoms in total. The molecule has 0 bridgehead atoms. The number of imide groups is 1. The Labute approximate surface area is 90.8 Å². The van der Waals surface area contributed by atoms with Gasteiger partial charge in [-0.05, 0) is 12.1 Å². The molecule has 1 aliphatic rings. The van der Waals surface area contributed by atoms with E-state index in [1.54, 1.807) is 12.1 Å². The van der Waals surface area contributed by atoms with Gasteiger partial charge in [-0.15, -0.1) is 0 Å². The van der Waals surface area contributed by atoms with E-state index in [1.807, 2.05) is 0 Å². The van der Waals surface area contributed by atoms with Crippen LogP contribution in [-0.2, 0) is 9.59 Å². The number of amides is 2. The summed E-state index contributed by atoms with van der Waals surface area (Å²) in [6.45, 7) is 0. The summed E-state index contributed by atoms with van der Waals surface area (Å²) >= 11 is 5.66. The maximum absolute atomic E-state index is 11.2. The van der Waals surface area contributed by atoms with Crippen molar-refractivity contribution in [3.8, 4) is 0 Å². The van der Waals surface area contributed by atoms with E-state index in [0.717, 1.165) is 0 Å². The third kappa shape index (κ3) is 2.24. The largest absolute Gasteiger partial charge is 0.358 e. The molecular formula is C9H8ClN3O2. The number of halogens is 1. The summed E-state index contributed by atoms with van der Waals surface area (Å²) in [6, 6.07) is 2.77. The zero-order valence-corrected chi connectivity index (χ0v) is 8.41. The minimum Gasteiger partial charge on any atom is -0.358 e. The van der Waals surface area contributed by atoms with Gasteiger partial charge in [0.2, 0.25) is 11.8 Å². The summed E-state index contributed by atoms with van der Waals surface area (Å²) in [5.74, 6) is -0.0718. The highest BCUT2D eigenvalue weighted by molar-refractivity contribution is 6.30. The number of hydrogen-bond donors (Lipinski definition) is 2. The smallest absolute Gasteiger partial charge is 0.249 e. The van der Waals surface area contributed by atoms with E-state index < -0.39 is 6.04 Å². The highest BCUT2D eigenvalue weighted by Crippen LogP contribution is 2.13. The van der Waals surface area contributed by atoms with Crippen LogP contribution in [0.4, 0.5) is 5.82 Å². The molecule has 6 heteroatoms. The van der Waals surface area contributed by atoms with E-state index >= 15 is 0 Å². The Morgan fingerprint density at radius 2 is 2.27 bits per heavy atom. The van der Waals surface area contributed by atoms with Crippen LogP contribution in [0.3, 0.4) is 0 Å². The first-order valence-electron chi connectivity index (χ1n) is 4.37. The van der Waals surface area contributed by atoms with E-state index in [1.165, 1.54) is 6.20 Å². The molecule has 0 aromatic carbocycles. The molecule has 78 valence electrons. The third-order valence-corrected chi connectivity index (χ3v) is 2.24. The molecule has 1 unspecified atom stereocenters. The van der Waals surface area contributed by atoms with Crippen molar-refractivity contribution in [2.24, 2.45) is 0 Å². The first-order valence-corrected chi connectivity index (χ1v) is 4.75. The maximum atomic E-state index is 11.2. The minimum atomic E-state index is -0.536. The first-order chi connectivity index (χ1) is 7.15. The van der Waals surface area contributed by atoms with Crippen molar-refractivity contribution in [2.75, 3.05) is 5.32 Å². The van der Waals surface area contributed by atoms with E-state index in [2.05, 4.69) is 15.6 Å². The topological polar surface area (TPSA) is 71.1 Å². The SMILES string of the molecule is O=C1CC(Nc2ccc(Cl)cn2)C(=O)N1. The molecule has 1 aromatic heterocycles. The quantitative estimate of drug-likeness (QED) is 0.722. The molecule has 1 aromatic rings. The number of nitrogens with one attached hydrogen (secondary N) is 2. The highest BCUT2D eigenvalue weighted by atomic mass is 35.5. The number of carbonyl (C=O) groups excluding carboxylic acids is 2.